The van der Waals surface area contributed by atoms with Crippen LogP contribution in [0, 0.1) is 13.8 Å². The molecule has 1 fully saturated rings. The number of anilines is 4. The normalized spacial score (nSPS) is 12.9. The highest BCUT2D eigenvalue weighted by Gasteiger charge is 2.19. The molecule has 1 aliphatic rings. The SMILES string of the molecule is COc1ccc(C)cc1NC(=O)Nc1cc(NC(=O)c2cccc(C)c2)ccc1N1CCCC1. The fourth-order valence-corrected chi connectivity index (χ4v) is 4.13. The number of urea groups is 1. The highest BCUT2D eigenvalue weighted by atomic mass is 16.5. The number of hydrogen-bond acceptors (Lipinski definition) is 4. The fraction of sp³-hybridized carbons (Fsp3) is 0.259. The van der Waals surface area contributed by atoms with E-state index in [9.17, 15) is 9.59 Å². The highest BCUT2D eigenvalue weighted by molar-refractivity contribution is 6.06. The molecule has 0 atom stereocenters. The van der Waals surface area contributed by atoms with Gasteiger partial charge in [0, 0.05) is 24.3 Å². The quantitative estimate of drug-likeness (QED) is 0.435. The Kier molecular flexibility index (Phi) is 7.01. The smallest absolute Gasteiger partial charge is 0.323 e. The number of hydrogen-bond donors (Lipinski definition) is 3. The predicted molar refractivity (Wildman–Crippen MR) is 137 cm³/mol. The maximum absolute atomic E-state index is 12.9. The fourth-order valence-electron chi connectivity index (χ4n) is 4.13. The summed E-state index contributed by atoms with van der Waals surface area (Å²) in [5, 5.41) is 8.79. The average molecular weight is 459 g/mol. The van der Waals surface area contributed by atoms with E-state index < -0.39 is 0 Å². The molecule has 176 valence electrons. The first kappa shape index (κ1) is 23.2. The number of benzene rings is 3. The molecule has 3 N–H and O–H groups in total. The van der Waals surface area contributed by atoms with Crippen LogP contribution in [0.2, 0.25) is 0 Å². The van der Waals surface area contributed by atoms with Crippen LogP contribution in [-0.4, -0.2) is 32.1 Å². The largest absolute Gasteiger partial charge is 0.495 e. The van der Waals surface area contributed by atoms with Gasteiger partial charge in [0.25, 0.3) is 5.91 Å². The molecule has 3 aromatic rings. The molecule has 0 spiro atoms. The molecule has 0 radical (unpaired) electrons. The minimum Gasteiger partial charge on any atom is -0.495 e. The zero-order valence-corrected chi connectivity index (χ0v) is 19.8. The van der Waals surface area contributed by atoms with Gasteiger partial charge < -0.3 is 25.6 Å². The summed E-state index contributed by atoms with van der Waals surface area (Å²) < 4.78 is 5.37. The minimum absolute atomic E-state index is 0.197. The molecule has 0 saturated carbocycles. The Labute approximate surface area is 200 Å². The Bertz CT molecular complexity index is 1200. The molecular weight excluding hydrogens is 428 g/mol. The van der Waals surface area contributed by atoms with Gasteiger partial charge in [-0.3, -0.25) is 4.79 Å². The van der Waals surface area contributed by atoms with E-state index in [0.717, 1.165) is 42.7 Å². The Hall–Kier alpha value is -4.00. The summed E-state index contributed by atoms with van der Waals surface area (Å²) in [5.74, 6) is 0.386. The maximum atomic E-state index is 12.9. The van der Waals surface area contributed by atoms with Gasteiger partial charge in [-0.05, 0) is 74.7 Å². The highest BCUT2D eigenvalue weighted by Crippen LogP contribution is 2.32. The Morgan fingerprint density at radius 1 is 0.824 bits per heavy atom. The maximum Gasteiger partial charge on any atom is 0.323 e. The average Bonchev–Trinajstić information content (AvgIpc) is 3.34. The number of amides is 3. The molecule has 1 aliphatic heterocycles. The Balaban J connectivity index is 1.57. The Morgan fingerprint density at radius 2 is 1.56 bits per heavy atom. The molecule has 3 aromatic carbocycles. The second kappa shape index (κ2) is 10.3. The van der Waals surface area contributed by atoms with Crippen LogP contribution >= 0.6 is 0 Å². The molecule has 34 heavy (non-hydrogen) atoms. The van der Waals surface area contributed by atoms with Crippen LogP contribution in [0.15, 0.2) is 60.7 Å². The van der Waals surface area contributed by atoms with Crippen molar-refractivity contribution in [1.82, 2.24) is 0 Å². The van der Waals surface area contributed by atoms with Gasteiger partial charge >= 0.3 is 6.03 Å². The van der Waals surface area contributed by atoms with Crippen molar-refractivity contribution in [3.63, 3.8) is 0 Å². The first-order valence-electron chi connectivity index (χ1n) is 11.4. The minimum atomic E-state index is -0.383. The van der Waals surface area contributed by atoms with Crippen LogP contribution in [-0.2, 0) is 0 Å². The predicted octanol–water partition coefficient (Wildman–Crippen LogP) is 5.81. The van der Waals surface area contributed by atoms with Crippen molar-refractivity contribution >= 4 is 34.7 Å². The lowest BCUT2D eigenvalue weighted by atomic mass is 10.1. The number of aryl methyl sites for hydroxylation is 2. The molecule has 1 heterocycles. The molecule has 0 aromatic heterocycles. The van der Waals surface area contributed by atoms with E-state index in [-0.39, 0.29) is 11.9 Å². The monoisotopic (exact) mass is 458 g/mol. The second-order valence-corrected chi connectivity index (χ2v) is 8.53. The van der Waals surface area contributed by atoms with Gasteiger partial charge in [0.05, 0.1) is 24.2 Å². The molecule has 0 aliphatic carbocycles. The summed E-state index contributed by atoms with van der Waals surface area (Å²) in [7, 11) is 1.57. The third kappa shape index (κ3) is 5.49. The van der Waals surface area contributed by atoms with E-state index in [1.54, 1.807) is 19.2 Å². The summed E-state index contributed by atoms with van der Waals surface area (Å²) in [6, 6.07) is 18.3. The summed E-state index contributed by atoms with van der Waals surface area (Å²) in [4.78, 5) is 27.9. The zero-order chi connectivity index (χ0) is 24.1. The summed E-state index contributed by atoms with van der Waals surface area (Å²) in [5.41, 5.74) is 5.37. The molecular formula is C27H30N4O3. The van der Waals surface area contributed by atoms with Gasteiger partial charge in [-0.1, -0.05) is 23.8 Å². The molecule has 7 heteroatoms. The first-order chi connectivity index (χ1) is 16.4. The van der Waals surface area contributed by atoms with E-state index in [2.05, 4.69) is 20.9 Å². The van der Waals surface area contributed by atoms with Crippen LogP contribution in [0.5, 0.6) is 5.75 Å². The van der Waals surface area contributed by atoms with Gasteiger partial charge in [0.15, 0.2) is 0 Å². The third-order valence-corrected chi connectivity index (χ3v) is 5.83. The van der Waals surface area contributed by atoms with Crippen LogP contribution in [0.25, 0.3) is 0 Å². The van der Waals surface area contributed by atoms with E-state index in [4.69, 9.17) is 4.74 Å². The first-order valence-corrected chi connectivity index (χ1v) is 11.4. The topological polar surface area (TPSA) is 82.7 Å². The summed E-state index contributed by atoms with van der Waals surface area (Å²) in [6.07, 6.45) is 2.22. The van der Waals surface area contributed by atoms with Crippen molar-refractivity contribution in [3.8, 4) is 5.75 Å². The van der Waals surface area contributed by atoms with Gasteiger partial charge in [0.1, 0.15) is 5.75 Å². The lowest BCUT2D eigenvalue weighted by molar-refractivity contribution is 0.102. The van der Waals surface area contributed by atoms with Crippen molar-refractivity contribution in [1.29, 1.82) is 0 Å². The van der Waals surface area contributed by atoms with E-state index in [0.29, 0.717) is 28.4 Å². The summed E-state index contributed by atoms with van der Waals surface area (Å²) in [6.45, 7) is 5.76. The second-order valence-electron chi connectivity index (χ2n) is 8.53. The standard InChI is InChI=1S/C27H30N4O3/c1-18-7-6-8-20(15-18)26(32)28-21-10-11-24(31-13-4-5-14-31)22(17-21)29-27(33)30-23-16-19(2)9-12-25(23)34-3/h6-12,15-17H,4-5,13-14H2,1-3H3,(H,28,32)(H2,29,30,33). The van der Waals surface area contributed by atoms with Gasteiger partial charge in [-0.15, -0.1) is 0 Å². The number of rotatable bonds is 6. The summed E-state index contributed by atoms with van der Waals surface area (Å²) >= 11 is 0. The van der Waals surface area contributed by atoms with Crippen molar-refractivity contribution < 1.29 is 14.3 Å². The molecule has 0 bridgehead atoms. The van der Waals surface area contributed by atoms with Crippen molar-refractivity contribution in [2.75, 3.05) is 41.0 Å². The number of nitrogens with one attached hydrogen (secondary N) is 3. The number of ether oxygens (including phenoxy) is 1. The number of methoxy groups -OCH3 is 1. The van der Waals surface area contributed by atoms with Crippen LogP contribution < -0.4 is 25.6 Å². The van der Waals surface area contributed by atoms with Crippen molar-refractivity contribution in [3.05, 3.63) is 77.4 Å². The molecule has 4 rings (SSSR count). The molecule has 7 nitrogen and oxygen atoms in total. The zero-order valence-electron chi connectivity index (χ0n) is 19.8. The van der Waals surface area contributed by atoms with E-state index in [1.807, 2.05) is 62.4 Å². The van der Waals surface area contributed by atoms with Crippen LogP contribution in [0.3, 0.4) is 0 Å². The molecule has 1 saturated heterocycles. The lowest BCUT2D eigenvalue weighted by Gasteiger charge is -2.23. The number of carbonyl (C=O) groups is 2. The number of carbonyl (C=O) groups excluding carboxylic acids is 2. The molecule has 0 unspecified atom stereocenters. The lowest BCUT2D eigenvalue weighted by Crippen LogP contribution is -2.24. The van der Waals surface area contributed by atoms with Crippen LogP contribution in [0.1, 0.15) is 34.3 Å². The van der Waals surface area contributed by atoms with Gasteiger partial charge in [0.2, 0.25) is 0 Å². The molecule has 3 amide bonds. The van der Waals surface area contributed by atoms with Gasteiger partial charge in [-0.25, -0.2) is 4.79 Å². The van der Waals surface area contributed by atoms with Crippen molar-refractivity contribution in [2.24, 2.45) is 0 Å². The van der Waals surface area contributed by atoms with Gasteiger partial charge in [-0.2, -0.15) is 0 Å². The van der Waals surface area contributed by atoms with E-state index in [1.165, 1.54) is 0 Å². The van der Waals surface area contributed by atoms with E-state index >= 15 is 0 Å². The van der Waals surface area contributed by atoms with Crippen LogP contribution in [0.4, 0.5) is 27.5 Å². The third-order valence-electron chi connectivity index (χ3n) is 5.83. The number of nitrogens with zero attached hydrogens (tertiary/aromatic N) is 1. The Morgan fingerprint density at radius 3 is 2.29 bits per heavy atom. The van der Waals surface area contributed by atoms with Crippen molar-refractivity contribution in [2.45, 2.75) is 26.7 Å².